The van der Waals surface area contributed by atoms with Crippen LogP contribution in [0.3, 0.4) is 0 Å². The normalized spacial score (nSPS) is 21.2. The van der Waals surface area contributed by atoms with Crippen molar-refractivity contribution in [1.29, 1.82) is 0 Å². The summed E-state index contributed by atoms with van der Waals surface area (Å²) in [4.78, 5) is 32.3. The Balaban J connectivity index is 2.54. The van der Waals surface area contributed by atoms with Crippen LogP contribution in [0.5, 0.6) is 5.75 Å². The van der Waals surface area contributed by atoms with Crippen LogP contribution in [0.15, 0.2) is 17.3 Å². The lowest BCUT2D eigenvalue weighted by atomic mass is 9.89. The fourth-order valence-electron chi connectivity index (χ4n) is 1.96. The Kier molecular flexibility index (Phi) is 3.67. The number of methoxy groups -OCH3 is 1. The van der Waals surface area contributed by atoms with Gasteiger partial charge in [-0.3, -0.25) is 4.79 Å². The number of esters is 1. The zero-order valence-corrected chi connectivity index (χ0v) is 12.3. The molecule has 112 valence electrons. The predicted octanol–water partition coefficient (Wildman–Crippen LogP) is 0.865. The van der Waals surface area contributed by atoms with Crippen LogP contribution in [-0.2, 0) is 9.53 Å². The van der Waals surface area contributed by atoms with Crippen molar-refractivity contribution in [3.05, 3.63) is 23.5 Å². The highest BCUT2D eigenvalue weighted by Crippen LogP contribution is 2.27. The topological polar surface area (TPSA) is 101 Å². The molecule has 1 atom stereocenters. The third-order valence-corrected chi connectivity index (χ3v) is 3.66. The SMILES string of the molecule is COC(=O)c1cc(O)cnc1C1=N[C@@](C)(C(C)C)C(=O)N1. The van der Waals surface area contributed by atoms with Crippen molar-refractivity contribution in [3.8, 4) is 5.75 Å². The number of hydrogen-bond acceptors (Lipinski definition) is 6. The number of amides is 1. The summed E-state index contributed by atoms with van der Waals surface area (Å²) in [7, 11) is 1.23. The highest BCUT2D eigenvalue weighted by Gasteiger charge is 2.43. The van der Waals surface area contributed by atoms with Gasteiger partial charge in [0.1, 0.15) is 17.0 Å². The van der Waals surface area contributed by atoms with E-state index in [-0.39, 0.29) is 34.7 Å². The number of nitrogens with one attached hydrogen (secondary N) is 1. The Morgan fingerprint density at radius 1 is 1.48 bits per heavy atom. The fraction of sp³-hybridized carbons (Fsp3) is 0.429. The number of aromatic nitrogens is 1. The second-order valence-electron chi connectivity index (χ2n) is 5.30. The summed E-state index contributed by atoms with van der Waals surface area (Å²) in [6.07, 6.45) is 1.18. The number of rotatable bonds is 3. The first kappa shape index (κ1) is 15.0. The number of carbonyl (C=O) groups excluding carboxylic acids is 2. The molecule has 2 heterocycles. The fourth-order valence-corrected chi connectivity index (χ4v) is 1.96. The minimum Gasteiger partial charge on any atom is -0.506 e. The van der Waals surface area contributed by atoms with Gasteiger partial charge in [0.25, 0.3) is 5.91 Å². The number of ether oxygens (including phenoxy) is 1. The van der Waals surface area contributed by atoms with Crippen LogP contribution >= 0.6 is 0 Å². The van der Waals surface area contributed by atoms with Crippen molar-refractivity contribution in [1.82, 2.24) is 10.3 Å². The van der Waals surface area contributed by atoms with Crippen LogP contribution in [0, 0.1) is 5.92 Å². The average molecular weight is 291 g/mol. The molecule has 0 radical (unpaired) electrons. The number of pyridine rings is 1. The average Bonchev–Trinajstić information content (AvgIpc) is 2.75. The molecule has 1 aromatic rings. The minimum atomic E-state index is -0.914. The Morgan fingerprint density at radius 2 is 2.14 bits per heavy atom. The van der Waals surface area contributed by atoms with Gasteiger partial charge in [-0.25, -0.2) is 14.8 Å². The summed E-state index contributed by atoms with van der Waals surface area (Å²) >= 11 is 0. The van der Waals surface area contributed by atoms with Crippen LogP contribution in [0.2, 0.25) is 0 Å². The third kappa shape index (κ3) is 2.46. The molecule has 0 fully saturated rings. The minimum absolute atomic E-state index is 0.0197. The van der Waals surface area contributed by atoms with Gasteiger partial charge >= 0.3 is 5.97 Å². The number of aromatic hydroxyl groups is 1. The lowest BCUT2D eigenvalue weighted by Gasteiger charge is -2.21. The van der Waals surface area contributed by atoms with Crippen LogP contribution in [0.1, 0.15) is 36.8 Å². The first-order valence-electron chi connectivity index (χ1n) is 6.48. The Labute approximate surface area is 122 Å². The maximum Gasteiger partial charge on any atom is 0.340 e. The molecular formula is C14H17N3O4. The third-order valence-electron chi connectivity index (χ3n) is 3.66. The van der Waals surface area contributed by atoms with Crippen molar-refractivity contribution in [3.63, 3.8) is 0 Å². The summed E-state index contributed by atoms with van der Waals surface area (Å²) in [5.74, 6) is -0.900. The standard InChI is InChI=1S/C14H17N3O4/c1-7(2)14(3)13(20)16-11(17-14)10-9(12(19)21-4)5-8(18)6-15-10/h5-7,18H,1-4H3,(H,16,17,20)/t14-/m0/s1. The molecule has 1 aromatic heterocycles. The zero-order chi connectivity index (χ0) is 15.8. The number of nitrogens with zero attached hydrogens (tertiary/aromatic N) is 2. The Bertz CT molecular complexity index is 639. The summed E-state index contributed by atoms with van der Waals surface area (Å²) in [6.45, 7) is 5.49. The van der Waals surface area contributed by atoms with E-state index in [4.69, 9.17) is 0 Å². The molecule has 21 heavy (non-hydrogen) atoms. The maximum absolute atomic E-state index is 12.1. The van der Waals surface area contributed by atoms with Gasteiger partial charge in [-0.1, -0.05) is 13.8 Å². The number of aliphatic imine (C=N–C) groups is 1. The molecule has 0 aliphatic carbocycles. The lowest BCUT2D eigenvalue weighted by molar-refractivity contribution is -0.124. The van der Waals surface area contributed by atoms with E-state index in [9.17, 15) is 14.7 Å². The quantitative estimate of drug-likeness (QED) is 0.804. The van der Waals surface area contributed by atoms with E-state index in [1.807, 2.05) is 13.8 Å². The van der Waals surface area contributed by atoms with Crippen molar-refractivity contribution in [2.24, 2.45) is 10.9 Å². The summed E-state index contributed by atoms with van der Waals surface area (Å²) in [6, 6.07) is 1.23. The summed E-state index contributed by atoms with van der Waals surface area (Å²) in [5, 5.41) is 12.1. The van der Waals surface area contributed by atoms with Gasteiger partial charge in [0.05, 0.1) is 18.9 Å². The van der Waals surface area contributed by atoms with Crippen LogP contribution < -0.4 is 5.32 Å². The molecule has 1 aliphatic heterocycles. The van der Waals surface area contributed by atoms with E-state index in [2.05, 4.69) is 20.0 Å². The molecule has 2 rings (SSSR count). The van der Waals surface area contributed by atoms with E-state index in [1.165, 1.54) is 19.4 Å². The molecule has 0 saturated heterocycles. The molecule has 2 N–H and O–H groups in total. The van der Waals surface area contributed by atoms with Crippen molar-refractivity contribution >= 4 is 17.7 Å². The van der Waals surface area contributed by atoms with Gasteiger partial charge in [0.15, 0.2) is 5.84 Å². The predicted molar refractivity (Wildman–Crippen MR) is 75.2 cm³/mol. The monoisotopic (exact) mass is 291 g/mol. The van der Waals surface area contributed by atoms with Crippen LogP contribution in [-0.4, -0.2) is 40.5 Å². The molecule has 0 bridgehead atoms. The molecule has 0 unspecified atom stereocenters. The molecule has 0 aromatic carbocycles. The molecule has 1 aliphatic rings. The zero-order valence-electron chi connectivity index (χ0n) is 12.3. The molecule has 1 amide bonds. The molecule has 0 spiro atoms. The smallest absolute Gasteiger partial charge is 0.340 e. The Hall–Kier alpha value is -2.44. The van der Waals surface area contributed by atoms with Crippen molar-refractivity contribution in [2.75, 3.05) is 7.11 Å². The highest BCUT2D eigenvalue weighted by molar-refractivity contribution is 6.17. The van der Waals surface area contributed by atoms with E-state index in [0.29, 0.717) is 0 Å². The van der Waals surface area contributed by atoms with Crippen molar-refractivity contribution < 1.29 is 19.4 Å². The second kappa shape index (κ2) is 5.16. The number of amidine groups is 1. The van der Waals surface area contributed by atoms with Gasteiger partial charge in [-0.15, -0.1) is 0 Å². The van der Waals surface area contributed by atoms with E-state index in [0.717, 1.165) is 0 Å². The van der Waals surface area contributed by atoms with Gasteiger partial charge in [-0.05, 0) is 18.9 Å². The summed E-state index contributed by atoms with van der Waals surface area (Å²) < 4.78 is 4.66. The molecule has 0 saturated carbocycles. The first-order chi connectivity index (χ1) is 9.79. The maximum atomic E-state index is 12.1. The first-order valence-corrected chi connectivity index (χ1v) is 6.48. The van der Waals surface area contributed by atoms with Gasteiger partial charge in [0.2, 0.25) is 0 Å². The lowest BCUT2D eigenvalue weighted by Crippen LogP contribution is -2.41. The van der Waals surface area contributed by atoms with Crippen LogP contribution in [0.25, 0.3) is 0 Å². The van der Waals surface area contributed by atoms with E-state index >= 15 is 0 Å². The molecule has 7 nitrogen and oxygen atoms in total. The van der Waals surface area contributed by atoms with Crippen LogP contribution in [0.4, 0.5) is 0 Å². The van der Waals surface area contributed by atoms with Gasteiger partial charge in [0, 0.05) is 0 Å². The summed E-state index contributed by atoms with van der Waals surface area (Å²) in [5.41, 5.74) is -0.690. The van der Waals surface area contributed by atoms with Gasteiger partial charge < -0.3 is 15.2 Å². The van der Waals surface area contributed by atoms with Gasteiger partial charge in [-0.2, -0.15) is 0 Å². The van der Waals surface area contributed by atoms with Crippen molar-refractivity contribution in [2.45, 2.75) is 26.3 Å². The molecular weight excluding hydrogens is 274 g/mol. The second-order valence-corrected chi connectivity index (χ2v) is 5.30. The number of hydrogen-bond donors (Lipinski definition) is 2. The van der Waals surface area contributed by atoms with E-state index in [1.54, 1.807) is 6.92 Å². The van der Waals surface area contributed by atoms with E-state index < -0.39 is 11.5 Å². The number of carbonyl (C=O) groups is 2. The largest absolute Gasteiger partial charge is 0.506 e. The molecule has 7 heteroatoms. The highest BCUT2D eigenvalue weighted by atomic mass is 16.5. The Morgan fingerprint density at radius 3 is 2.67 bits per heavy atom.